The predicted molar refractivity (Wildman–Crippen MR) is 75.0 cm³/mol. The Bertz CT molecular complexity index is 620. The molecule has 0 aromatic carbocycles. The Labute approximate surface area is 127 Å². The number of carbonyl (C=O) groups is 1. The van der Waals surface area contributed by atoms with Gasteiger partial charge in [-0.2, -0.15) is 5.10 Å². The van der Waals surface area contributed by atoms with Crippen molar-refractivity contribution in [3.05, 3.63) is 11.4 Å². The van der Waals surface area contributed by atoms with Crippen LogP contribution in [0.4, 0.5) is 0 Å². The van der Waals surface area contributed by atoms with Crippen molar-refractivity contribution >= 4 is 25.7 Å². The van der Waals surface area contributed by atoms with E-state index in [9.17, 15) is 13.2 Å². The largest absolute Gasteiger partial charge is 0.458 e. The number of esters is 1. The summed E-state index contributed by atoms with van der Waals surface area (Å²) < 4.78 is 33.8. The lowest BCUT2D eigenvalue weighted by molar-refractivity contribution is 0.0153. The lowest BCUT2D eigenvalue weighted by Gasteiger charge is -2.09. The third-order valence-corrected chi connectivity index (χ3v) is 4.55. The molecule has 118 valence electrons. The van der Waals surface area contributed by atoms with Gasteiger partial charge < -0.3 is 9.47 Å². The van der Waals surface area contributed by atoms with E-state index in [0.717, 1.165) is 12.8 Å². The van der Waals surface area contributed by atoms with Gasteiger partial charge >= 0.3 is 5.97 Å². The van der Waals surface area contributed by atoms with Gasteiger partial charge in [-0.05, 0) is 18.8 Å². The van der Waals surface area contributed by atoms with Crippen molar-refractivity contribution in [2.24, 2.45) is 0 Å². The highest BCUT2D eigenvalue weighted by Crippen LogP contribution is 2.28. The monoisotopic (exact) mass is 336 g/mol. The Morgan fingerprint density at radius 1 is 1.57 bits per heavy atom. The summed E-state index contributed by atoms with van der Waals surface area (Å²) in [5.41, 5.74) is -0.0271. The normalized spacial score (nSPS) is 19.1. The Hall–Kier alpha value is -1.12. The summed E-state index contributed by atoms with van der Waals surface area (Å²) >= 11 is 0. The number of halogens is 1. The fourth-order valence-corrected chi connectivity index (χ4v) is 3.51. The molecule has 21 heavy (non-hydrogen) atoms. The second kappa shape index (κ2) is 6.33. The lowest BCUT2D eigenvalue weighted by Crippen LogP contribution is -2.19. The molecule has 1 saturated heterocycles. The molecule has 1 aromatic heterocycles. The second-order valence-electron chi connectivity index (χ2n) is 5.14. The highest BCUT2D eigenvalue weighted by Gasteiger charge is 2.31. The number of rotatable bonds is 5. The van der Waals surface area contributed by atoms with Gasteiger partial charge in [0.05, 0.1) is 11.8 Å². The summed E-state index contributed by atoms with van der Waals surface area (Å²) in [6, 6.07) is 0. The molecule has 2 rings (SSSR count). The SMILES string of the molecule is CC(C)c1[nH]nc(C(=O)OCC2CCCO2)c1S(=O)(=O)Cl. The molecule has 1 fully saturated rings. The standard InChI is InChI=1S/C12H17ClN2O5S/c1-7(2)9-11(21(13,17)18)10(15-14-9)12(16)20-6-8-4-3-5-19-8/h7-8H,3-6H2,1-2H3,(H,14,15). The Kier molecular flexibility index (Phi) is 4.90. The highest BCUT2D eigenvalue weighted by molar-refractivity contribution is 8.13. The molecule has 1 atom stereocenters. The van der Waals surface area contributed by atoms with Crippen molar-refractivity contribution in [1.29, 1.82) is 0 Å². The first-order chi connectivity index (χ1) is 9.80. The number of aromatic nitrogens is 2. The molecule has 0 aliphatic carbocycles. The van der Waals surface area contributed by atoms with Crippen LogP contribution in [0.1, 0.15) is 48.8 Å². The maximum atomic E-state index is 12.0. The van der Waals surface area contributed by atoms with Gasteiger partial charge in [0.15, 0.2) is 5.69 Å². The predicted octanol–water partition coefficient (Wildman–Crippen LogP) is 1.80. The number of ether oxygens (including phenoxy) is 2. The van der Waals surface area contributed by atoms with Crippen molar-refractivity contribution in [3.8, 4) is 0 Å². The van der Waals surface area contributed by atoms with Crippen LogP contribution in [0.5, 0.6) is 0 Å². The highest BCUT2D eigenvalue weighted by atomic mass is 35.7. The topological polar surface area (TPSA) is 98.3 Å². The molecular formula is C12H17ClN2O5S. The zero-order valence-corrected chi connectivity index (χ0v) is 13.3. The minimum Gasteiger partial charge on any atom is -0.458 e. The van der Waals surface area contributed by atoms with E-state index in [4.69, 9.17) is 20.2 Å². The summed E-state index contributed by atoms with van der Waals surface area (Å²) in [5.74, 6) is -1.01. The van der Waals surface area contributed by atoms with Crippen molar-refractivity contribution in [2.75, 3.05) is 13.2 Å². The van der Waals surface area contributed by atoms with Gasteiger partial charge in [0.2, 0.25) is 0 Å². The van der Waals surface area contributed by atoms with Crippen LogP contribution in [-0.4, -0.2) is 43.9 Å². The Morgan fingerprint density at radius 3 is 2.81 bits per heavy atom. The van der Waals surface area contributed by atoms with Gasteiger partial charge in [-0.15, -0.1) is 0 Å². The van der Waals surface area contributed by atoms with Crippen molar-refractivity contribution in [2.45, 2.75) is 43.6 Å². The van der Waals surface area contributed by atoms with E-state index in [0.29, 0.717) is 6.61 Å². The van der Waals surface area contributed by atoms with Crippen molar-refractivity contribution < 1.29 is 22.7 Å². The molecule has 0 saturated carbocycles. The maximum absolute atomic E-state index is 12.0. The molecule has 0 spiro atoms. The van der Waals surface area contributed by atoms with Crippen LogP contribution in [-0.2, 0) is 18.5 Å². The quantitative estimate of drug-likeness (QED) is 0.650. The lowest BCUT2D eigenvalue weighted by atomic mass is 10.1. The summed E-state index contributed by atoms with van der Waals surface area (Å²) in [5, 5.41) is 6.29. The number of nitrogens with zero attached hydrogens (tertiary/aromatic N) is 1. The van der Waals surface area contributed by atoms with Crippen LogP contribution in [0.15, 0.2) is 4.90 Å². The van der Waals surface area contributed by atoms with E-state index < -0.39 is 15.0 Å². The van der Waals surface area contributed by atoms with Crippen LogP contribution in [0.2, 0.25) is 0 Å². The molecule has 0 amide bonds. The molecule has 1 unspecified atom stereocenters. The second-order valence-corrected chi connectivity index (χ2v) is 7.64. The summed E-state index contributed by atoms with van der Waals surface area (Å²) in [4.78, 5) is 11.7. The van der Waals surface area contributed by atoms with Crippen molar-refractivity contribution in [3.63, 3.8) is 0 Å². The molecule has 1 N–H and O–H groups in total. The molecule has 0 bridgehead atoms. The smallest absolute Gasteiger partial charge is 0.360 e. The summed E-state index contributed by atoms with van der Waals surface area (Å²) in [6.45, 7) is 4.25. The average molecular weight is 337 g/mol. The van der Waals surface area contributed by atoms with Gasteiger partial charge in [-0.3, -0.25) is 5.10 Å². The van der Waals surface area contributed by atoms with E-state index >= 15 is 0 Å². The molecule has 7 nitrogen and oxygen atoms in total. The average Bonchev–Trinajstić information content (AvgIpc) is 3.03. The van der Waals surface area contributed by atoms with Gasteiger partial charge in [-0.1, -0.05) is 13.8 Å². The third kappa shape index (κ3) is 3.75. The maximum Gasteiger partial charge on any atom is 0.360 e. The fourth-order valence-electron chi connectivity index (χ4n) is 2.13. The van der Waals surface area contributed by atoms with Gasteiger partial charge in [0.25, 0.3) is 9.05 Å². The van der Waals surface area contributed by atoms with Crippen molar-refractivity contribution in [1.82, 2.24) is 10.2 Å². The zero-order valence-electron chi connectivity index (χ0n) is 11.8. The number of hydrogen-bond acceptors (Lipinski definition) is 6. The minimum absolute atomic E-state index is 0.0739. The third-order valence-electron chi connectivity index (χ3n) is 3.19. The Balaban J connectivity index is 2.20. The number of hydrogen-bond donors (Lipinski definition) is 1. The van der Waals surface area contributed by atoms with E-state index in [1.807, 2.05) is 0 Å². The first-order valence-electron chi connectivity index (χ1n) is 6.62. The molecule has 0 radical (unpaired) electrons. The Morgan fingerprint density at radius 2 is 2.29 bits per heavy atom. The number of H-pyrrole nitrogens is 1. The van der Waals surface area contributed by atoms with Crippen LogP contribution < -0.4 is 0 Å². The molecular weight excluding hydrogens is 320 g/mol. The van der Waals surface area contributed by atoms with E-state index in [2.05, 4.69) is 10.2 Å². The molecule has 2 heterocycles. The molecule has 1 aliphatic rings. The van der Waals surface area contributed by atoms with E-state index in [1.165, 1.54) is 0 Å². The van der Waals surface area contributed by atoms with Gasteiger partial charge in [0, 0.05) is 17.3 Å². The molecule has 1 aliphatic heterocycles. The first kappa shape index (κ1) is 16.3. The van der Waals surface area contributed by atoms with E-state index in [1.54, 1.807) is 13.8 Å². The number of carbonyl (C=O) groups excluding carboxylic acids is 1. The van der Waals surface area contributed by atoms with Gasteiger partial charge in [-0.25, -0.2) is 13.2 Å². The van der Waals surface area contributed by atoms with Crippen LogP contribution in [0.3, 0.4) is 0 Å². The van der Waals surface area contributed by atoms with Gasteiger partial charge in [0.1, 0.15) is 11.5 Å². The molecule has 1 aromatic rings. The van der Waals surface area contributed by atoms with Crippen LogP contribution >= 0.6 is 10.7 Å². The zero-order chi connectivity index (χ0) is 15.6. The number of aromatic amines is 1. The minimum atomic E-state index is -4.10. The fraction of sp³-hybridized carbons (Fsp3) is 0.667. The summed E-state index contributed by atoms with van der Waals surface area (Å²) in [7, 11) is 1.30. The first-order valence-corrected chi connectivity index (χ1v) is 8.93. The summed E-state index contributed by atoms with van der Waals surface area (Å²) in [6.07, 6.45) is 1.59. The molecule has 9 heteroatoms. The van der Waals surface area contributed by atoms with Crippen LogP contribution in [0, 0.1) is 0 Å². The van der Waals surface area contributed by atoms with E-state index in [-0.39, 0.29) is 34.9 Å². The number of nitrogens with one attached hydrogen (secondary N) is 1. The van der Waals surface area contributed by atoms with Crippen LogP contribution in [0.25, 0.3) is 0 Å².